The molecule has 0 unspecified atom stereocenters. The van der Waals surface area contributed by atoms with Gasteiger partial charge in [0.05, 0.1) is 0 Å². The van der Waals surface area contributed by atoms with Crippen molar-refractivity contribution in [2.45, 2.75) is 6.61 Å². The summed E-state index contributed by atoms with van der Waals surface area (Å²) < 4.78 is 5.37. The van der Waals surface area contributed by atoms with Crippen molar-refractivity contribution in [1.82, 2.24) is 9.97 Å². The summed E-state index contributed by atoms with van der Waals surface area (Å²) in [6.45, 7) is 0.323. The van der Waals surface area contributed by atoms with E-state index >= 15 is 0 Å². The van der Waals surface area contributed by atoms with Gasteiger partial charge in [-0.15, -0.1) is 0 Å². The summed E-state index contributed by atoms with van der Waals surface area (Å²) >= 11 is 5.98. The Labute approximate surface area is 98.0 Å². The van der Waals surface area contributed by atoms with E-state index in [1.165, 1.54) is 0 Å². The minimum atomic E-state index is 0.250. The van der Waals surface area contributed by atoms with Gasteiger partial charge in [0.2, 0.25) is 0 Å². The lowest BCUT2D eigenvalue weighted by Gasteiger charge is -2.05. The first-order valence-electron chi connectivity index (χ1n) is 4.70. The van der Waals surface area contributed by atoms with Crippen LogP contribution in [0.15, 0.2) is 36.5 Å². The molecule has 0 atom stereocenters. The van der Waals surface area contributed by atoms with Crippen LogP contribution in [0, 0.1) is 0 Å². The smallest absolute Gasteiger partial charge is 0.318 e. The summed E-state index contributed by atoms with van der Waals surface area (Å²) in [6.07, 6.45) is 1.55. The topological polar surface area (TPSA) is 61.0 Å². The van der Waals surface area contributed by atoms with Gasteiger partial charge >= 0.3 is 6.01 Å². The maximum Gasteiger partial charge on any atom is 0.318 e. The van der Waals surface area contributed by atoms with E-state index in [0.717, 1.165) is 5.56 Å². The second-order valence-corrected chi connectivity index (χ2v) is 3.55. The number of anilines is 1. The van der Waals surface area contributed by atoms with Crippen LogP contribution in [0.3, 0.4) is 0 Å². The predicted octanol–water partition coefficient (Wildman–Crippen LogP) is 2.29. The molecule has 1 aromatic carbocycles. The molecule has 2 rings (SSSR count). The van der Waals surface area contributed by atoms with Gasteiger partial charge in [-0.1, -0.05) is 29.8 Å². The van der Waals surface area contributed by atoms with Crippen molar-refractivity contribution in [1.29, 1.82) is 0 Å². The van der Waals surface area contributed by atoms with E-state index in [0.29, 0.717) is 17.4 Å². The standard InChI is InChI=1S/C11H10ClN3O/c12-9-4-2-1-3-8(9)7-16-11-14-6-5-10(13)15-11/h1-6H,7H2,(H2,13,14,15). The molecule has 0 radical (unpaired) electrons. The SMILES string of the molecule is Nc1ccnc(OCc2ccccc2Cl)n1. The molecule has 0 saturated heterocycles. The molecular weight excluding hydrogens is 226 g/mol. The van der Waals surface area contributed by atoms with E-state index in [2.05, 4.69) is 9.97 Å². The minimum Gasteiger partial charge on any atom is -0.458 e. The number of nitrogen functional groups attached to an aromatic ring is 1. The molecule has 16 heavy (non-hydrogen) atoms. The molecule has 1 heterocycles. The Balaban J connectivity index is 2.05. The largest absolute Gasteiger partial charge is 0.458 e. The van der Waals surface area contributed by atoms with Crippen molar-refractivity contribution in [3.63, 3.8) is 0 Å². The molecule has 0 bridgehead atoms. The quantitative estimate of drug-likeness (QED) is 0.887. The van der Waals surface area contributed by atoms with Crippen molar-refractivity contribution in [2.24, 2.45) is 0 Å². The van der Waals surface area contributed by atoms with Crippen molar-refractivity contribution in [3.8, 4) is 6.01 Å². The Morgan fingerprint density at radius 3 is 2.81 bits per heavy atom. The summed E-state index contributed by atoms with van der Waals surface area (Å²) in [6, 6.07) is 9.30. The number of nitrogens with two attached hydrogens (primary N) is 1. The zero-order chi connectivity index (χ0) is 11.4. The van der Waals surface area contributed by atoms with E-state index in [1.807, 2.05) is 18.2 Å². The van der Waals surface area contributed by atoms with Gasteiger partial charge in [0.15, 0.2) is 0 Å². The maximum atomic E-state index is 5.98. The summed E-state index contributed by atoms with van der Waals surface area (Å²) in [5, 5.41) is 0.659. The molecule has 2 N–H and O–H groups in total. The number of halogens is 1. The number of ether oxygens (including phenoxy) is 1. The fourth-order valence-corrected chi connectivity index (χ4v) is 1.37. The third kappa shape index (κ3) is 2.61. The number of benzene rings is 1. The molecule has 5 heteroatoms. The molecule has 0 aliphatic heterocycles. The van der Waals surface area contributed by atoms with E-state index < -0.39 is 0 Å². The highest BCUT2D eigenvalue weighted by Crippen LogP contribution is 2.16. The highest BCUT2D eigenvalue weighted by atomic mass is 35.5. The van der Waals surface area contributed by atoms with Gasteiger partial charge in [0.25, 0.3) is 0 Å². The molecule has 0 aliphatic carbocycles. The highest BCUT2D eigenvalue weighted by molar-refractivity contribution is 6.31. The average Bonchev–Trinajstić information content (AvgIpc) is 2.28. The number of nitrogens with zero attached hydrogens (tertiary/aromatic N) is 2. The molecule has 2 aromatic rings. The van der Waals surface area contributed by atoms with Crippen LogP contribution in [0.1, 0.15) is 5.56 Å². The zero-order valence-corrected chi connectivity index (χ0v) is 9.19. The van der Waals surface area contributed by atoms with E-state index in [-0.39, 0.29) is 6.01 Å². The monoisotopic (exact) mass is 235 g/mol. The third-order valence-electron chi connectivity index (χ3n) is 1.97. The number of rotatable bonds is 3. The van der Waals surface area contributed by atoms with Crippen molar-refractivity contribution < 1.29 is 4.74 Å². The summed E-state index contributed by atoms with van der Waals surface area (Å²) in [5.74, 6) is 0.379. The highest BCUT2D eigenvalue weighted by Gasteiger charge is 2.02. The van der Waals surface area contributed by atoms with Gasteiger partial charge in [0.1, 0.15) is 12.4 Å². The van der Waals surface area contributed by atoms with Gasteiger partial charge in [-0.3, -0.25) is 0 Å². The van der Waals surface area contributed by atoms with Gasteiger partial charge < -0.3 is 10.5 Å². The number of hydrogen-bond donors (Lipinski definition) is 1. The summed E-state index contributed by atoms with van der Waals surface area (Å²) in [7, 11) is 0. The van der Waals surface area contributed by atoms with Crippen LogP contribution < -0.4 is 10.5 Å². The lowest BCUT2D eigenvalue weighted by molar-refractivity contribution is 0.281. The first kappa shape index (κ1) is 10.7. The molecular formula is C11H10ClN3O. The summed E-state index contributed by atoms with van der Waals surface area (Å²) in [5.41, 5.74) is 6.38. The van der Waals surface area contributed by atoms with Gasteiger partial charge in [-0.05, 0) is 12.1 Å². The number of hydrogen-bond acceptors (Lipinski definition) is 4. The van der Waals surface area contributed by atoms with Crippen LogP contribution in [-0.4, -0.2) is 9.97 Å². The molecule has 0 aliphatic rings. The van der Waals surface area contributed by atoms with Gasteiger partial charge in [0, 0.05) is 16.8 Å². The van der Waals surface area contributed by atoms with E-state index in [9.17, 15) is 0 Å². The molecule has 0 fully saturated rings. The van der Waals surface area contributed by atoms with Crippen LogP contribution >= 0.6 is 11.6 Å². The van der Waals surface area contributed by atoms with Crippen LogP contribution in [0.2, 0.25) is 5.02 Å². The average molecular weight is 236 g/mol. The fourth-order valence-electron chi connectivity index (χ4n) is 1.18. The number of aromatic nitrogens is 2. The van der Waals surface area contributed by atoms with Crippen molar-refractivity contribution in [3.05, 3.63) is 47.1 Å². The fraction of sp³-hybridized carbons (Fsp3) is 0.0909. The molecule has 1 aromatic heterocycles. The first-order chi connectivity index (χ1) is 7.75. The normalized spacial score (nSPS) is 10.1. The van der Waals surface area contributed by atoms with E-state index in [4.69, 9.17) is 22.1 Å². The van der Waals surface area contributed by atoms with Crippen LogP contribution in [0.4, 0.5) is 5.82 Å². The predicted molar refractivity (Wildman–Crippen MR) is 62.2 cm³/mol. The van der Waals surface area contributed by atoms with Gasteiger partial charge in [-0.25, -0.2) is 4.98 Å². The van der Waals surface area contributed by atoms with Crippen LogP contribution in [0.5, 0.6) is 6.01 Å². The second kappa shape index (κ2) is 4.81. The minimum absolute atomic E-state index is 0.250. The van der Waals surface area contributed by atoms with Gasteiger partial charge in [-0.2, -0.15) is 4.98 Å². The lowest BCUT2D eigenvalue weighted by atomic mass is 10.2. The molecule has 0 amide bonds. The molecule has 4 nitrogen and oxygen atoms in total. The Bertz CT molecular complexity index is 490. The Morgan fingerprint density at radius 2 is 2.06 bits per heavy atom. The Kier molecular flexibility index (Phi) is 3.22. The molecule has 0 spiro atoms. The lowest BCUT2D eigenvalue weighted by Crippen LogP contribution is -2.01. The Hall–Kier alpha value is -1.81. The third-order valence-corrected chi connectivity index (χ3v) is 2.34. The van der Waals surface area contributed by atoms with Crippen molar-refractivity contribution >= 4 is 17.4 Å². The second-order valence-electron chi connectivity index (χ2n) is 3.14. The zero-order valence-electron chi connectivity index (χ0n) is 8.43. The molecule has 82 valence electrons. The van der Waals surface area contributed by atoms with E-state index in [1.54, 1.807) is 18.3 Å². The summed E-state index contributed by atoms with van der Waals surface area (Å²) in [4.78, 5) is 7.85. The first-order valence-corrected chi connectivity index (χ1v) is 5.08. The van der Waals surface area contributed by atoms with Crippen molar-refractivity contribution in [2.75, 3.05) is 5.73 Å². The molecule has 0 saturated carbocycles. The van der Waals surface area contributed by atoms with Crippen LogP contribution in [0.25, 0.3) is 0 Å². The van der Waals surface area contributed by atoms with Crippen LogP contribution in [-0.2, 0) is 6.61 Å². The maximum absolute atomic E-state index is 5.98. The Morgan fingerprint density at radius 1 is 1.25 bits per heavy atom.